The first-order valence-corrected chi connectivity index (χ1v) is 15.0. The summed E-state index contributed by atoms with van der Waals surface area (Å²) < 4.78 is 6.13. The molecule has 200 valence electrons. The fraction of sp³-hybridized carbons (Fsp3) is 0.938. The number of carbonyl (C=O) groups excluding carboxylic acids is 2. The molecule has 3 nitrogen and oxygen atoms in total. The van der Waals surface area contributed by atoms with Gasteiger partial charge in [0.2, 0.25) is 0 Å². The van der Waals surface area contributed by atoms with Crippen molar-refractivity contribution in [2.24, 2.45) is 57.7 Å². The Bertz CT molecular complexity index is 803. The summed E-state index contributed by atoms with van der Waals surface area (Å²) in [6.07, 6.45) is 13.5. The van der Waals surface area contributed by atoms with Crippen molar-refractivity contribution in [3.63, 3.8) is 0 Å². The van der Waals surface area contributed by atoms with Crippen molar-refractivity contribution in [3.05, 3.63) is 0 Å². The van der Waals surface area contributed by atoms with Gasteiger partial charge in [-0.15, -0.1) is 0 Å². The van der Waals surface area contributed by atoms with Crippen molar-refractivity contribution in [2.75, 3.05) is 0 Å². The van der Waals surface area contributed by atoms with Crippen LogP contribution in [0.4, 0.5) is 0 Å². The summed E-state index contributed by atoms with van der Waals surface area (Å²) in [5, 5.41) is 0. The Labute approximate surface area is 215 Å². The second-order valence-electron chi connectivity index (χ2n) is 14.6. The van der Waals surface area contributed by atoms with Crippen LogP contribution in [0, 0.1) is 57.7 Å². The molecule has 0 heterocycles. The SMILES string of the molecule is CC(=O)O[C@H]1C[C@@H]2[C@H](CC[C@]3(C)[C@@H]([C@@H](C)CCCC(C)C)CC[C@@]23C)[C@@]2(C)CC[C@H](C(C)=O)C[C@H]12. The standard InChI is InChI=1S/C32H54O3/c1-20(2)10-9-11-21(3)25-13-16-32(8)27-19-29(35-23(5)34)28-18-24(22(4)33)12-15-30(28,6)26(27)14-17-31(25,32)7/h20-21,24-29H,9-19H2,1-8H3/t21-,24-,25+,26-,27+,28+,29-,30+,31+,32-/m0/s1. The molecule has 0 saturated heterocycles. The quantitative estimate of drug-likeness (QED) is 0.340. The van der Waals surface area contributed by atoms with E-state index < -0.39 is 0 Å². The molecule has 0 N–H and O–H groups in total. The maximum Gasteiger partial charge on any atom is 0.302 e. The summed E-state index contributed by atoms with van der Waals surface area (Å²) in [6, 6.07) is 0. The Balaban J connectivity index is 1.61. The van der Waals surface area contributed by atoms with Gasteiger partial charge >= 0.3 is 5.97 Å². The molecule has 0 aromatic heterocycles. The molecule has 0 spiro atoms. The molecular formula is C32H54O3. The van der Waals surface area contributed by atoms with Crippen LogP contribution in [0.2, 0.25) is 0 Å². The van der Waals surface area contributed by atoms with E-state index in [1.165, 1.54) is 44.9 Å². The Morgan fingerprint density at radius 2 is 1.51 bits per heavy atom. The topological polar surface area (TPSA) is 43.4 Å². The first kappa shape index (κ1) is 27.2. The molecule has 3 heteroatoms. The number of fused-ring (bicyclic) bond motifs is 5. The third-order valence-corrected chi connectivity index (χ3v) is 12.6. The summed E-state index contributed by atoms with van der Waals surface area (Å²) >= 11 is 0. The van der Waals surface area contributed by atoms with E-state index in [0.717, 1.165) is 43.4 Å². The van der Waals surface area contributed by atoms with Gasteiger partial charge in [0, 0.05) is 18.8 Å². The van der Waals surface area contributed by atoms with Crippen molar-refractivity contribution < 1.29 is 14.3 Å². The van der Waals surface area contributed by atoms with E-state index in [9.17, 15) is 9.59 Å². The first-order chi connectivity index (χ1) is 16.3. The fourth-order valence-electron chi connectivity index (χ4n) is 10.4. The minimum atomic E-state index is -0.146. The Hall–Kier alpha value is -0.860. The second-order valence-corrected chi connectivity index (χ2v) is 14.6. The smallest absolute Gasteiger partial charge is 0.302 e. The highest BCUT2D eigenvalue weighted by Gasteiger charge is 2.67. The first-order valence-electron chi connectivity index (χ1n) is 15.0. The molecule has 4 rings (SSSR count). The van der Waals surface area contributed by atoms with Gasteiger partial charge in [0.1, 0.15) is 11.9 Å². The molecule has 0 aromatic carbocycles. The summed E-state index contributed by atoms with van der Waals surface area (Å²) in [4.78, 5) is 24.6. The zero-order valence-electron chi connectivity index (χ0n) is 24.1. The molecule has 4 aliphatic carbocycles. The number of ether oxygens (including phenoxy) is 1. The van der Waals surface area contributed by atoms with Gasteiger partial charge in [-0.25, -0.2) is 0 Å². The van der Waals surface area contributed by atoms with Gasteiger partial charge in [0.15, 0.2) is 0 Å². The predicted molar refractivity (Wildman–Crippen MR) is 143 cm³/mol. The van der Waals surface area contributed by atoms with Crippen molar-refractivity contribution in [1.82, 2.24) is 0 Å². The number of hydrogen-bond donors (Lipinski definition) is 0. The van der Waals surface area contributed by atoms with E-state index in [1.807, 2.05) is 0 Å². The lowest BCUT2D eigenvalue weighted by atomic mass is 9.39. The minimum absolute atomic E-state index is 0.0254. The van der Waals surface area contributed by atoms with Gasteiger partial charge in [0.05, 0.1) is 0 Å². The average Bonchev–Trinajstić information content (AvgIpc) is 3.04. The van der Waals surface area contributed by atoms with Crippen LogP contribution in [0.5, 0.6) is 0 Å². The lowest BCUT2D eigenvalue weighted by molar-refractivity contribution is -0.206. The van der Waals surface area contributed by atoms with E-state index >= 15 is 0 Å². The lowest BCUT2D eigenvalue weighted by Crippen LogP contribution is -2.61. The third kappa shape index (κ3) is 4.54. The molecule has 0 amide bonds. The Morgan fingerprint density at radius 3 is 2.14 bits per heavy atom. The van der Waals surface area contributed by atoms with Crippen LogP contribution in [-0.2, 0) is 14.3 Å². The normalized spacial score (nSPS) is 45.9. The van der Waals surface area contributed by atoms with Gasteiger partial charge in [-0.1, -0.05) is 60.8 Å². The average molecular weight is 487 g/mol. The van der Waals surface area contributed by atoms with Crippen LogP contribution < -0.4 is 0 Å². The molecule has 0 aliphatic heterocycles. The predicted octanol–water partition coefficient (Wildman–Crippen LogP) is 8.24. The van der Waals surface area contributed by atoms with Crippen LogP contribution >= 0.6 is 0 Å². The molecule has 4 aliphatic rings. The van der Waals surface area contributed by atoms with Crippen molar-refractivity contribution in [1.29, 1.82) is 0 Å². The number of esters is 1. The number of carbonyl (C=O) groups is 2. The van der Waals surface area contributed by atoms with Crippen molar-refractivity contribution in [2.45, 2.75) is 132 Å². The molecule has 10 atom stereocenters. The number of hydrogen-bond acceptors (Lipinski definition) is 3. The largest absolute Gasteiger partial charge is 0.462 e. The number of rotatable bonds is 7. The van der Waals surface area contributed by atoms with E-state index in [0.29, 0.717) is 34.4 Å². The van der Waals surface area contributed by atoms with E-state index in [1.54, 1.807) is 13.8 Å². The van der Waals surface area contributed by atoms with Gasteiger partial charge in [-0.05, 0) is 104 Å². The summed E-state index contributed by atoms with van der Waals surface area (Å²) in [6.45, 7) is 18.3. The number of ketones is 1. The molecule has 35 heavy (non-hydrogen) atoms. The highest BCUT2D eigenvalue weighted by Crippen LogP contribution is 2.74. The number of Topliss-reactive ketones (excluding diaryl/α,β-unsaturated/α-hetero) is 1. The molecule has 4 fully saturated rings. The molecule has 0 radical (unpaired) electrons. The van der Waals surface area contributed by atoms with Crippen molar-refractivity contribution in [3.8, 4) is 0 Å². The van der Waals surface area contributed by atoms with Crippen molar-refractivity contribution >= 4 is 11.8 Å². The Kier molecular flexibility index (Phi) is 7.60. The summed E-state index contributed by atoms with van der Waals surface area (Å²) in [7, 11) is 0. The van der Waals surface area contributed by atoms with Crippen LogP contribution in [0.25, 0.3) is 0 Å². The van der Waals surface area contributed by atoms with Gasteiger partial charge in [0.25, 0.3) is 0 Å². The van der Waals surface area contributed by atoms with Crippen LogP contribution in [0.3, 0.4) is 0 Å². The van der Waals surface area contributed by atoms with Crippen LogP contribution in [-0.4, -0.2) is 17.9 Å². The summed E-state index contributed by atoms with van der Waals surface area (Å²) in [5.41, 5.74) is 0.878. The van der Waals surface area contributed by atoms with Gasteiger partial charge < -0.3 is 4.74 Å². The van der Waals surface area contributed by atoms with E-state index in [2.05, 4.69) is 41.5 Å². The minimum Gasteiger partial charge on any atom is -0.462 e. The van der Waals surface area contributed by atoms with E-state index in [-0.39, 0.29) is 23.4 Å². The molecular weight excluding hydrogens is 432 g/mol. The summed E-state index contributed by atoms with van der Waals surface area (Å²) in [5.74, 6) is 4.37. The monoisotopic (exact) mass is 486 g/mol. The fourth-order valence-corrected chi connectivity index (χ4v) is 10.4. The maximum atomic E-state index is 12.3. The molecule has 0 unspecified atom stereocenters. The third-order valence-electron chi connectivity index (χ3n) is 12.6. The second kappa shape index (κ2) is 9.79. The molecule has 4 saturated carbocycles. The highest BCUT2D eigenvalue weighted by molar-refractivity contribution is 5.78. The van der Waals surface area contributed by atoms with Gasteiger partial charge in [-0.2, -0.15) is 0 Å². The van der Waals surface area contributed by atoms with E-state index in [4.69, 9.17) is 4.74 Å². The maximum absolute atomic E-state index is 12.3. The molecule has 0 aromatic rings. The van der Waals surface area contributed by atoms with Gasteiger partial charge in [-0.3, -0.25) is 9.59 Å². The lowest BCUT2D eigenvalue weighted by Gasteiger charge is -2.66. The zero-order chi connectivity index (χ0) is 25.8. The highest BCUT2D eigenvalue weighted by atomic mass is 16.5. The van der Waals surface area contributed by atoms with Crippen LogP contribution in [0.1, 0.15) is 126 Å². The Morgan fingerprint density at radius 1 is 0.829 bits per heavy atom. The molecule has 0 bridgehead atoms. The van der Waals surface area contributed by atoms with Crippen LogP contribution in [0.15, 0.2) is 0 Å². The zero-order valence-corrected chi connectivity index (χ0v) is 24.1.